The van der Waals surface area contributed by atoms with Gasteiger partial charge in [0.05, 0.1) is 16.5 Å². The highest BCUT2D eigenvalue weighted by molar-refractivity contribution is 6.42. The fourth-order valence-corrected chi connectivity index (χ4v) is 2.04. The van der Waals surface area contributed by atoms with E-state index in [9.17, 15) is 9.59 Å². The molecule has 1 N–H and O–H groups in total. The number of carbonyl (C=O) groups excluding carboxylic acids is 1. The highest BCUT2D eigenvalue weighted by atomic mass is 35.5. The Labute approximate surface area is 121 Å². The van der Waals surface area contributed by atoms with Crippen molar-refractivity contribution >= 4 is 35.1 Å². The quantitative estimate of drug-likeness (QED) is 0.910. The van der Waals surface area contributed by atoms with E-state index >= 15 is 0 Å². The number of nitrogens with zero attached hydrogens (tertiary/aromatic N) is 1. The fourth-order valence-electron chi connectivity index (χ4n) is 1.65. The highest BCUT2D eigenvalue weighted by Crippen LogP contribution is 2.26. The monoisotopic (exact) mass is 303 g/mol. The molecule has 0 radical (unpaired) electrons. The molecule has 1 aromatic rings. The maximum atomic E-state index is 12.1. The maximum absolute atomic E-state index is 12.1. The summed E-state index contributed by atoms with van der Waals surface area (Å²) in [6.45, 7) is 3.20. The molecule has 0 aliphatic heterocycles. The summed E-state index contributed by atoms with van der Waals surface area (Å²) in [5.41, 5.74) is 0.593. The molecule has 0 spiro atoms. The van der Waals surface area contributed by atoms with Crippen LogP contribution in [0.1, 0.15) is 19.4 Å². The molecule has 0 saturated heterocycles. The molecule has 19 heavy (non-hydrogen) atoms. The Morgan fingerprint density at radius 2 is 1.95 bits per heavy atom. The first-order chi connectivity index (χ1) is 8.82. The number of aliphatic carboxylic acids is 1. The lowest BCUT2D eigenvalue weighted by atomic mass is 10.1. The highest BCUT2D eigenvalue weighted by Gasteiger charge is 2.21. The zero-order valence-electron chi connectivity index (χ0n) is 10.7. The Hall–Kier alpha value is -1.26. The minimum absolute atomic E-state index is 0.0326. The first-order valence-corrected chi connectivity index (χ1v) is 6.52. The van der Waals surface area contributed by atoms with Gasteiger partial charge in [0.2, 0.25) is 5.91 Å². The van der Waals surface area contributed by atoms with Gasteiger partial charge in [-0.2, -0.15) is 0 Å². The number of hydrogen-bond donors (Lipinski definition) is 1. The normalized spacial score (nSPS) is 10.6. The third-order valence-corrected chi connectivity index (χ3v) is 3.48. The van der Waals surface area contributed by atoms with Gasteiger partial charge in [0.1, 0.15) is 6.54 Å². The van der Waals surface area contributed by atoms with E-state index in [0.29, 0.717) is 15.6 Å². The molecule has 0 unspecified atom stereocenters. The summed E-state index contributed by atoms with van der Waals surface area (Å²) in [5, 5.41) is 9.51. The molecule has 6 heteroatoms. The van der Waals surface area contributed by atoms with Gasteiger partial charge in [-0.3, -0.25) is 9.59 Å². The number of benzene rings is 1. The van der Waals surface area contributed by atoms with Gasteiger partial charge in [0.15, 0.2) is 0 Å². The molecule has 0 aliphatic carbocycles. The lowest BCUT2D eigenvalue weighted by molar-refractivity contribution is -0.145. The van der Waals surface area contributed by atoms with Crippen LogP contribution in [0.5, 0.6) is 0 Å². The van der Waals surface area contributed by atoms with Gasteiger partial charge in [-0.05, 0) is 25.5 Å². The second-order valence-corrected chi connectivity index (χ2v) is 5.18. The molecule has 0 aromatic heterocycles. The van der Waals surface area contributed by atoms with Gasteiger partial charge in [-0.1, -0.05) is 35.3 Å². The van der Waals surface area contributed by atoms with E-state index in [1.165, 1.54) is 4.90 Å². The minimum Gasteiger partial charge on any atom is -0.480 e. The van der Waals surface area contributed by atoms with Crippen molar-refractivity contribution in [2.24, 2.45) is 0 Å². The predicted molar refractivity (Wildman–Crippen MR) is 74.7 cm³/mol. The Morgan fingerprint density at radius 3 is 2.47 bits per heavy atom. The third-order valence-electron chi connectivity index (χ3n) is 2.62. The minimum atomic E-state index is -1.04. The SMILES string of the molecule is CC(C)N(CC(=O)O)C(=O)Cc1cccc(Cl)c1Cl. The molecule has 0 bridgehead atoms. The number of carbonyl (C=O) groups is 2. The van der Waals surface area contributed by atoms with Crippen molar-refractivity contribution in [2.45, 2.75) is 26.3 Å². The molecule has 104 valence electrons. The molecule has 0 heterocycles. The van der Waals surface area contributed by atoms with Crippen LogP contribution < -0.4 is 0 Å². The first-order valence-electron chi connectivity index (χ1n) is 5.77. The van der Waals surface area contributed by atoms with Gasteiger partial charge in [0, 0.05) is 6.04 Å². The first kappa shape index (κ1) is 15.8. The molecular weight excluding hydrogens is 289 g/mol. The summed E-state index contributed by atoms with van der Waals surface area (Å²) in [7, 11) is 0. The van der Waals surface area contributed by atoms with Crippen molar-refractivity contribution in [1.29, 1.82) is 0 Å². The number of rotatable bonds is 5. The van der Waals surface area contributed by atoms with Crippen LogP contribution in [0.4, 0.5) is 0 Å². The van der Waals surface area contributed by atoms with E-state index in [-0.39, 0.29) is 24.9 Å². The van der Waals surface area contributed by atoms with Gasteiger partial charge in [-0.15, -0.1) is 0 Å². The summed E-state index contributed by atoms with van der Waals surface area (Å²) in [6.07, 6.45) is 0.0326. The van der Waals surface area contributed by atoms with Crippen molar-refractivity contribution in [3.63, 3.8) is 0 Å². The van der Waals surface area contributed by atoms with E-state index in [4.69, 9.17) is 28.3 Å². The molecule has 0 fully saturated rings. The summed E-state index contributed by atoms with van der Waals surface area (Å²) in [4.78, 5) is 24.2. The van der Waals surface area contributed by atoms with Crippen molar-refractivity contribution in [2.75, 3.05) is 6.54 Å². The van der Waals surface area contributed by atoms with Crippen molar-refractivity contribution in [1.82, 2.24) is 4.90 Å². The Morgan fingerprint density at radius 1 is 1.32 bits per heavy atom. The standard InChI is InChI=1S/C13H15Cl2NO3/c1-8(2)16(7-12(18)19)11(17)6-9-4-3-5-10(14)13(9)15/h3-5,8H,6-7H2,1-2H3,(H,18,19). The fraction of sp³-hybridized carbons (Fsp3) is 0.385. The second kappa shape index (κ2) is 6.78. The maximum Gasteiger partial charge on any atom is 0.323 e. The van der Waals surface area contributed by atoms with Gasteiger partial charge in [-0.25, -0.2) is 0 Å². The van der Waals surface area contributed by atoms with E-state index < -0.39 is 5.97 Å². The number of carboxylic acid groups (broad SMARTS) is 1. The summed E-state index contributed by atoms with van der Waals surface area (Å²) >= 11 is 11.9. The van der Waals surface area contributed by atoms with Crippen LogP contribution in [0, 0.1) is 0 Å². The number of amides is 1. The van der Waals surface area contributed by atoms with Gasteiger partial charge >= 0.3 is 5.97 Å². The average molecular weight is 304 g/mol. The number of hydrogen-bond acceptors (Lipinski definition) is 2. The van der Waals surface area contributed by atoms with Crippen LogP contribution >= 0.6 is 23.2 Å². The zero-order chi connectivity index (χ0) is 14.6. The summed E-state index contributed by atoms with van der Waals surface area (Å²) < 4.78 is 0. The predicted octanol–water partition coefficient (Wildman–Crippen LogP) is 2.86. The van der Waals surface area contributed by atoms with Crippen LogP contribution in [0.3, 0.4) is 0 Å². The topological polar surface area (TPSA) is 57.6 Å². The van der Waals surface area contributed by atoms with E-state index in [1.807, 2.05) is 0 Å². The second-order valence-electron chi connectivity index (χ2n) is 4.40. The average Bonchev–Trinajstić information content (AvgIpc) is 2.31. The molecule has 0 atom stereocenters. The molecule has 0 aliphatic rings. The molecule has 1 aromatic carbocycles. The van der Waals surface area contributed by atoms with Gasteiger partial charge in [0.25, 0.3) is 0 Å². The van der Waals surface area contributed by atoms with Crippen LogP contribution in [-0.2, 0) is 16.0 Å². The Balaban J connectivity index is 2.87. The van der Waals surface area contributed by atoms with Crippen LogP contribution in [0.15, 0.2) is 18.2 Å². The Kier molecular flexibility index (Phi) is 5.63. The van der Waals surface area contributed by atoms with Crippen LogP contribution in [0.25, 0.3) is 0 Å². The van der Waals surface area contributed by atoms with E-state index in [1.54, 1.807) is 32.0 Å². The van der Waals surface area contributed by atoms with E-state index in [0.717, 1.165) is 0 Å². The molecule has 0 saturated carbocycles. The largest absolute Gasteiger partial charge is 0.480 e. The summed E-state index contributed by atoms with van der Waals surface area (Å²) in [5.74, 6) is -1.33. The molecule has 4 nitrogen and oxygen atoms in total. The summed E-state index contributed by atoms with van der Waals surface area (Å²) in [6, 6.07) is 4.84. The van der Waals surface area contributed by atoms with Crippen molar-refractivity contribution in [3.8, 4) is 0 Å². The third kappa shape index (κ3) is 4.40. The number of carboxylic acids is 1. The lowest BCUT2D eigenvalue weighted by Gasteiger charge is -2.25. The van der Waals surface area contributed by atoms with Crippen molar-refractivity contribution in [3.05, 3.63) is 33.8 Å². The zero-order valence-corrected chi connectivity index (χ0v) is 12.2. The van der Waals surface area contributed by atoms with Crippen LogP contribution in [-0.4, -0.2) is 34.5 Å². The number of halogens is 2. The lowest BCUT2D eigenvalue weighted by Crippen LogP contribution is -2.41. The molecular formula is C13H15Cl2NO3. The van der Waals surface area contributed by atoms with Gasteiger partial charge < -0.3 is 10.0 Å². The Bertz CT molecular complexity index is 489. The molecule has 1 amide bonds. The van der Waals surface area contributed by atoms with E-state index in [2.05, 4.69) is 0 Å². The van der Waals surface area contributed by atoms with Crippen LogP contribution in [0.2, 0.25) is 10.0 Å². The molecule has 1 rings (SSSR count). The smallest absolute Gasteiger partial charge is 0.323 e. The van der Waals surface area contributed by atoms with Crippen molar-refractivity contribution < 1.29 is 14.7 Å².